The number of aliphatic imine (C=N–C) groups is 1. The fourth-order valence-electron chi connectivity index (χ4n) is 2.66. The molecule has 0 fully saturated rings. The van der Waals surface area contributed by atoms with Crippen LogP contribution in [0.25, 0.3) is 0 Å². The number of hydrogen-bond acceptors (Lipinski definition) is 3. The molecule has 2 N–H and O–H groups in total. The fraction of sp³-hybridized carbons (Fsp3) is 0.350. The van der Waals surface area contributed by atoms with Crippen LogP contribution in [0.2, 0.25) is 0 Å². The van der Waals surface area contributed by atoms with E-state index < -0.39 is 0 Å². The van der Waals surface area contributed by atoms with Gasteiger partial charge in [-0.25, -0.2) is 4.39 Å². The second-order valence-corrected chi connectivity index (χ2v) is 6.69. The summed E-state index contributed by atoms with van der Waals surface area (Å²) >= 11 is 1.68. The highest BCUT2D eigenvalue weighted by molar-refractivity contribution is 7.97. The lowest BCUT2D eigenvalue weighted by molar-refractivity contribution is 0.184. The fourth-order valence-corrected chi connectivity index (χ4v) is 3.24. The van der Waals surface area contributed by atoms with Crippen LogP contribution in [0.5, 0.6) is 0 Å². The average molecular weight is 376 g/mol. The summed E-state index contributed by atoms with van der Waals surface area (Å²) in [7, 11) is 3.43. The summed E-state index contributed by atoms with van der Waals surface area (Å²) < 4.78 is 18.7. The van der Waals surface area contributed by atoms with Crippen molar-refractivity contribution in [1.29, 1.82) is 0 Å². The van der Waals surface area contributed by atoms with Crippen molar-refractivity contribution in [3.63, 3.8) is 0 Å². The Hall–Kier alpha value is -2.05. The minimum Gasteiger partial charge on any atom is -0.380 e. The molecule has 6 heteroatoms. The van der Waals surface area contributed by atoms with Crippen LogP contribution < -0.4 is 10.6 Å². The van der Waals surface area contributed by atoms with Crippen LogP contribution in [0.1, 0.15) is 22.3 Å². The van der Waals surface area contributed by atoms with E-state index in [9.17, 15) is 4.39 Å². The molecule has 0 aliphatic carbocycles. The molecule has 0 spiro atoms. The molecule has 2 aromatic rings. The number of nitrogens with zero attached hydrogens (tertiary/aromatic N) is 1. The third-order valence-corrected chi connectivity index (χ3v) is 4.60. The van der Waals surface area contributed by atoms with Crippen LogP contribution in [0.4, 0.5) is 4.39 Å². The third kappa shape index (κ3) is 6.04. The number of hydrogen-bond donors (Lipinski definition) is 2. The Labute approximate surface area is 159 Å². The molecule has 4 nitrogen and oxygen atoms in total. The van der Waals surface area contributed by atoms with Crippen molar-refractivity contribution in [2.75, 3.05) is 20.4 Å². The Kier molecular flexibility index (Phi) is 8.44. The number of nitrogens with one attached hydrogen (secondary N) is 2. The molecule has 0 amide bonds. The van der Waals surface area contributed by atoms with Crippen molar-refractivity contribution in [2.24, 2.45) is 4.99 Å². The van der Waals surface area contributed by atoms with E-state index in [0.717, 1.165) is 22.4 Å². The standard InChI is InChI=1S/C20H26FN3OS/c1-22-20(23-11-15-6-4-5-7-17(15)13-25-2)24-12-16-8-9-19(21)10-18(16)14-26-3/h4-10H,11-14H2,1-3H3,(H2,22,23,24). The second-order valence-electron chi connectivity index (χ2n) is 5.83. The zero-order valence-electron chi connectivity index (χ0n) is 15.5. The number of thioether (sulfide) groups is 1. The first-order valence-corrected chi connectivity index (χ1v) is 9.83. The van der Waals surface area contributed by atoms with Gasteiger partial charge in [-0.05, 0) is 40.6 Å². The van der Waals surface area contributed by atoms with E-state index in [1.165, 1.54) is 11.6 Å². The van der Waals surface area contributed by atoms with Gasteiger partial charge in [-0.1, -0.05) is 30.3 Å². The smallest absolute Gasteiger partial charge is 0.191 e. The predicted molar refractivity (Wildman–Crippen MR) is 108 cm³/mol. The lowest BCUT2D eigenvalue weighted by atomic mass is 10.1. The molecule has 0 saturated heterocycles. The summed E-state index contributed by atoms with van der Waals surface area (Å²) in [5, 5.41) is 6.62. The first kappa shape index (κ1) is 20.3. The number of benzene rings is 2. The predicted octanol–water partition coefficient (Wildman–Crippen LogP) is 3.70. The lowest BCUT2D eigenvalue weighted by Gasteiger charge is -2.15. The van der Waals surface area contributed by atoms with Gasteiger partial charge in [0.2, 0.25) is 0 Å². The quantitative estimate of drug-likeness (QED) is 0.546. The van der Waals surface area contributed by atoms with Crippen LogP contribution in [0.3, 0.4) is 0 Å². The van der Waals surface area contributed by atoms with Crippen LogP contribution in [0, 0.1) is 5.82 Å². The molecule has 0 radical (unpaired) electrons. The Bertz CT molecular complexity index is 737. The summed E-state index contributed by atoms with van der Waals surface area (Å²) in [6.07, 6.45) is 2.01. The maximum Gasteiger partial charge on any atom is 0.191 e. The molecule has 0 unspecified atom stereocenters. The largest absolute Gasteiger partial charge is 0.380 e. The summed E-state index contributed by atoms with van der Waals surface area (Å²) in [6.45, 7) is 1.83. The van der Waals surface area contributed by atoms with Crippen molar-refractivity contribution in [3.05, 3.63) is 70.5 Å². The van der Waals surface area contributed by atoms with Gasteiger partial charge in [-0.2, -0.15) is 11.8 Å². The number of ether oxygens (including phenoxy) is 1. The zero-order chi connectivity index (χ0) is 18.8. The molecule has 0 atom stereocenters. The van der Waals surface area contributed by atoms with Gasteiger partial charge in [-0.15, -0.1) is 0 Å². The summed E-state index contributed by atoms with van der Waals surface area (Å²) in [4.78, 5) is 4.27. The molecule has 26 heavy (non-hydrogen) atoms. The van der Waals surface area contributed by atoms with E-state index >= 15 is 0 Å². The highest BCUT2D eigenvalue weighted by Crippen LogP contribution is 2.16. The molecule has 0 bridgehead atoms. The molecule has 2 aromatic carbocycles. The highest BCUT2D eigenvalue weighted by Gasteiger charge is 2.07. The minimum absolute atomic E-state index is 0.199. The van der Waals surface area contributed by atoms with E-state index in [1.807, 2.05) is 24.5 Å². The van der Waals surface area contributed by atoms with Gasteiger partial charge < -0.3 is 15.4 Å². The summed E-state index contributed by atoms with van der Waals surface area (Å²) in [5.74, 6) is 1.29. The zero-order valence-corrected chi connectivity index (χ0v) is 16.3. The van der Waals surface area contributed by atoms with Crippen molar-refractivity contribution in [1.82, 2.24) is 10.6 Å². The van der Waals surface area contributed by atoms with Crippen LogP contribution in [0.15, 0.2) is 47.5 Å². The minimum atomic E-state index is -0.199. The molecule has 0 aliphatic rings. The van der Waals surface area contributed by atoms with Gasteiger partial charge in [0, 0.05) is 33.0 Å². The third-order valence-electron chi connectivity index (χ3n) is 4.00. The SMILES string of the molecule is CN=C(NCc1ccccc1COC)NCc1ccc(F)cc1CSC. The van der Waals surface area contributed by atoms with Crippen LogP contribution in [-0.4, -0.2) is 26.4 Å². The van der Waals surface area contributed by atoms with Crippen molar-refractivity contribution in [2.45, 2.75) is 25.4 Å². The van der Waals surface area contributed by atoms with Crippen molar-refractivity contribution in [3.8, 4) is 0 Å². The van der Waals surface area contributed by atoms with E-state index in [-0.39, 0.29) is 5.82 Å². The molecule has 0 saturated carbocycles. The van der Waals surface area contributed by atoms with E-state index in [4.69, 9.17) is 4.74 Å². The van der Waals surface area contributed by atoms with Gasteiger partial charge in [0.15, 0.2) is 5.96 Å². The van der Waals surface area contributed by atoms with Gasteiger partial charge in [0.05, 0.1) is 6.61 Å². The van der Waals surface area contributed by atoms with Crippen LogP contribution >= 0.6 is 11.8 Å². The number of methoxy groups -OCH3 is 1. The molecular weight excluding hydrogens is 349 g/mol. The number of guanidine groups is 1. The normalized spacial score (nSPS) is 11.5. The summed E-state index contributed by atoms with van der Waals surface area (Å²) in [5.41, 5.74) is 4.40. The van der Waals surface area contributed by atoms with E-state index in [0.29, 0.717) is 25.7 Å². The van der Waals surface area contributed by atoms with Crippen molar-refractivity contribution >= 4 is 17.7 Å². The number of rotatable bonds is 8. The second kappa shape index (κ2) is 10.8. The van der Waals surface area contributed by atoms with Gasteiger partial charge in [0.25, 0.3) is 0 Å². The van der Waals surface area contributed by atoms with E-state index in [2.05, 4.69) is 27.8 Å². The maximum atomic E-state index is 13.5. The monoisotopic (exact) mass is 375 g/mol. The molecule has 0 heterocycles. The Morgan fingerprint density at radius 1 is 1.04 bits per heavy atom. The highest BCUT2D eigenvalue weighted by atomic mass is 32.2. The molecule has 0 aliphatic heterocycles. The Morgan fingerprint density at radius 3 is 2.31 bits per heavy atom. The Morgan fingerprint density at radius 2 is 1.69 bits per heavy atom. The van der Waals surface area contributed by atoms with Gasteiger partial charge in [-0.3, -0.25) is 4.99 Å². The van der Waals surface area contributed by atoms with Crippen molar-refractivity contribution < 1.29 is 9.13 Å². The lowest BCUT2D eigenvalue weighted by Crippen LogP contribution is -2.36. The average Bonchev–Trinajstić information content (AvgIpc) is 2.65. The first-order chi connectivity index (χ1) is 12.7. The van der Waals surface area contributed by atoms with Gasteiger partial charge >= 0.3 is 0 Å². The number of halogens is 1. The maximum absolute atomic E-state index is 13.5. The van der Waals surface area contributed by atoms with Gasteiger partial charge in [0.1, 0.15) is 5.82 Å². The topological polar surface area (TPSA) is 45.7 Å². The van der Waals surface area contributed by atoms with Crippen LogP contribution in [-0.2, 0) is 30.2 Å². The van der Waals surface area contributed by atoms with E-state index in [1.54, 1.807) is 32.0 Å². The molecular formula is C20H26FN3OS. The molecule has 140 valence electrons. The summed E-state index contributed by atoms with van der Waals surface area (Å²) in [6, 6.07) is 13.1. The Balaban J connectivity index is 1.97. The first-order valence-electron chi connectivity index (χ1n) is 8.44. The molecule has 2 rings (SSSR count). The molecule has 0 aromatic heterocycles.